The van der Waals surface area contributed by atoms with E-state index >= 15 is 0 Å². The van der Waals surface area contributed by atoms with Crippen LogP contribution in [0.25, 0.3) is 0 Å². The van der Waals surface area contributed by atoms with E-state index in [-0.39, 0.29) is 0 Å². The van der Waals surface area contributed by atoms with Crippen molar-refractivity contribution in [2.45, 2.75) is 19.0 Å². The van der Waals surface area contributed by atoms with Crippen LogP contribution in [0.5, 0.6) is 0 Å². The zero-order chi connectivity index (χ0) is 16.8. The molecule has 24 heavy (non-hydrogen) atoms. The minimum atomic E-state index is -0.907. The van der Waals surface area contributed by atoms with Crippen LogP contribution < -0.4 is 10.2 Å². The highest BCUT2D eigenvalue weighted by molar-refractivity contribution is 5.73. The molecular formula is C15H20N6O3. The Bertz CT molecular complexity index is 640. The first-order valence-electron chi connectivity index (χ1n) is 7.79. The molecule has 3 rings (SSSR count). The van der Waals surface area contributed by atoms with Crippen molar-refractivity contribution in [3.05, 3.63) is 36.2 Å². The average Bonchev–Trinajstić information content (AvgIpc) is 3.13. The quantitative estimate of drug-likeness (QED) is 0.639. The molecule has 9 nitrogen and oxygen atoms in total. The summed E-state index contributed by atoms with van der Waals surface area (Å²) in [4.78, 5) is 28.9. The maximum Gasteiger partial charge on any atom is 0.321 e. The molecule has 0 bridgehead atoms. The van der Waals surface area contributed by atoms with E-state index in [2.05, 4.69) is 30.2 Å². The molecule has 0 radical (unpaired) electrons. The number of H-pyrrole nitrogens is 1. The van der Waals surface area contributed by atoms with Crippen LogP contribution in [0.4, 0.5) is 5.95 Å². The number of imidazole rings is 1. The van der Waals surface area contributed by atoms with Gasteiger partial charge in [0, 0.05) is 55.9 Å². The third kappa shape index (κ3) is 4.27. The number of carbonyl (C=O) groups is 1. The lowest BCUT2D eigenvalue weighted by atomic mass is 10.1. The van der Waals surface area contributed by atoms with Gasteiger partial charge in [-0.3, -0.25) is 10.1 Å². The van der Waals surface area contributed by atoms with Gasteiger partial charge < -0.3 is 19.7 Å². The Labute approximate surface area is 139 Å². The van der Waals surface area contributed by atoms with E-state index in [4.69, 9.17) is 4.74 Å². The largest absolute Gasteiger partial charge is 0.480 e. The molecule has 1 fully saturated rings. The van der Waals surface area contributed by atoms with Crippen molar-refractivity contribution < 1.29 is 14.6 Å². The SMILES string of the molecule is O=C(O)[C@H](Cc1cnc[nH]1)NCc1cnc(N2CCOCC2)nc1. The van der Waals surface area contributed by atoms with Crippen molar-refractivity contribution in [2.24, 2.45) is 0 Å². The van der Waals surface area contributed by atoms with Gasteiger partial charge in [0.15, 0.2) is 0 Å². The van der Waals surface area contributed by atoms with Crippen LogP contribution in [0.15, 0.2) is 24.9 Å². The summed E-state index contributed by atoms with van der Waals surface area (Å²) in [7, 11) is 0. The molecule has 128 valence electrons. The zero-order valence-electron chi connectivity index (χ0n) is 13.2. The molecule has 0 amide bonds. The normalized spacial score (nSPS) is 16.1. The van der Waals surface area contributed by atoms with Crippen molar-refractivity contribution >= 4 is 11.9 Å². The lowest BCUT2D eigenvalue weighted by Gasteiger charge is -2.26. The second kappa shape index (κ2) is 7.84. The number of carboxylic acid groups (broad SMARTS) is 1. The smallest absolute Gasteiger partial charge is 0.321 e. The average molecular weight is 332 g/mol. The molecule has 3 N–H and O–H groups in total. The van der Waals surface area contributed by atoms with Gasteiger partial charge in [0.05, 0.1) is 19.5 Å². The summed E-state index contributed by atoms with van der Waals surface area (Å²) in [6, 6.07) is -0.704. The molecule has 0 spiro atoms. The van der Waals surface area contributed by atoms with Crippen molar-refractivity contribution in [3.8, 4) is 0 Å². The molecule has 0 aromatic carbocycles. The number of carboxylic acids is 1. The van der Waals surface area contributed by atoms with Crippen LogP contribution in [0.1, 0.15) is 11.3 Å². The summed E-state index contributed by atoms with van der Waals surface area (Å²) in [5.74, 6) is -0.232. The number of hydrogen-bond donors (Lipinski definition) is 3. The number of rotatable bonds is 7. The Morgan fingerprint density at radius 3 is 2.71 bits per heavy atom. The van der Waals surface area contributed by atoms with Gasteiger partial charge in [-0.2, -0.15) is 0 Å². The lowest BCUT2D eigenvalue weighted by Crippen LogP contribution is -2.38. The maximum absolute atomic E-state index is 11.4. The minimum absolute atomic E-state index is 0.335. The van der Waals surface area contributed by atoms with Gasteiger partial charge in [-0.25, -0.2) is 15.0 Å². The van der Waals surface area contributed by atoms with E-state index in [1.807, 2.05) is 0 Å². The summed E-state index contributed by atoms with van der Waals surface area (Å²) >= 11 is 0. The number of nitrogens with zero attached hydrogens (tertiary/aromatic N) is 4. The fourth-order valence-corrected chi connectivity index (χ4v) is 2.47. The van der Waals surface area contributed by atoms with Crippen LogP contribution in [-0.4, -0.2) is 63.4 Å². The third-order valence-corrected chi connectivity index (χ3v) is 3.82. The van der Waals surface area contributed by atoms with E-state index in [0.717, 1.165) is 24.3 Å². The molecule has 0 aliphatic carbocycles. The molecule has 1 aliphatic rings. The van der Waals surface area contributed by atoms with E-state index in [1.54, 1.807) is 18.6 Å². The van der Waals surface area contributed by atoms with Gasteiger partial charge in [0.1, 0.15) is 6.04 Å². The molecule has 2 aromatic heterocycles. The van der Waals surface area contributed by atoms with E-state index in [0.29, 0.717) is 32.1 Å². The highest BCUT2D eigenvalue weighted by Gasteiger charge is 2.18. The number of morpholine rings is 1. The summed E-state index contributed by atoms with van der Waals surface area (Å²) in [6.07, 6.45) is 6.94. The fourth-order valence-electron chi connectivity index (χ4n) is 2.47. The topological polar surface area (TPSA) is 116 Å². The summed E-state index contributed by atoms with van der Waals surface area (Å²) in [6.45, 7) is 3.31. The number of aromatic amines is 1. The van der Waals surface area contributed by atoms with Crippen LogP contribution in [0.2, 0.25) is 0 Å². The molecule has 2 aromatic rings. The predicted octanol–water partition coefficient (Wildman–Crippen LogP) is -0.178. The van der Waals surface area contributed by atoms with E-state index in [9.17, 15) is 9.90 Å². The standard InChI is InChI=1S/C15H20N6O3/c22-14(23)13(5-12-9-16-10-20-12)17-6-11-7-18-15(19-8-11)21-1-3-24-4-2-21/h7-10,13,17H,1-6H2,(H,16,20)(H,22,23)/t13-/m0/s1. The Morgan fingerprint density at radius 2 is 2.08 bits per heavy atom. The first kappa shape index (κ1) is 16.3. The number of aromatic nitrogens is 4. The van der Waals surface area contributed by atoms with Crippen LogP contribution in [0.3, 0.4) is 0 Å². The number of ether oxygens (including phenoxy) is 1. The molecule has 3 heterocycles. The van der Waals surface area contributed by atoms with Crippen molar-refractivity contribution in [2.75, 3.05) is 31.2 Å². The first-order chi connectivity index (χ1) is 11.7. The highest BCUT2D eigenvalue weighted by atomic mass is 16.5. The van der Waals surface area contributed by atoms with Gasteiger partial charge in [-0.05, 0) is 0 Å². The van der Waals surface area contributed by atoms with E-state index in [1.165, 1.54) is 6.33 Å². The molecule has 1 atom stereocenters. The Kier molecular flexibility index (Phi) is 5.34. The van der Waals surface area contributed by atoms with Crippen molar-refractivity contribution in [1.82, 2.24) is 25.3 Å². The van der Waals surface area contributed by atoms with Gasteiger partial charge in [-0.1, -0.05) is 0 Å². The van der Waals surface area contributed by atoms with Gasteiger partial charge in [-0.15, -0.1) is 0 Å². The van der Waals surface area contributed by atoms with Crippen molar-refractivity contribution in [3.63, 3.8) is 0 Å². The first-order valence-corrected chi connectivity index (χ1v) is 7.79. The zero-order valence-corrected chi connectivity index (χ0v) is 13.2. The molecule has 0 unspecified atom stereocenters. The molecule has 0 saturated carbocycles. The van der Waals surface area contributed by atoms with Gasteiger partial charge >= 0.3 is 5.97 Å². The second-order valence-electron chi connectivity index (χ2n) is 5.54. The van der Waals surface area contributed by atoms with E-state index < -0.39 is 12.0 Å². The van der Waals surface area contributed by atoms with Crippen molar-refractivity contribution in [1.29, 1.82) is 0 Å². The molecule has 9 heteroatoms. The Morgan fingerprint density at radius 1 is 1.33 bits per heavy atom. The molecule has 1 saturated heterocycles. The molecule has 1 aliphatic heterocycles. The Balaban J connectivity index is 1.55. The fraction of sp³-hybridized carbons (Fsp3) is 0.467. The van der Waals surface area contributed by atoms with Crippen LogP contribution in [-0.2, 0) is 22.5 Å². The monoisotopic (exact) mass is 332 g/mol. The number of anilines is 1. The number of nitrogens with one attached hydrogen (secondary N) is 2. The van der Waals surface area contributed by atoms with Gasteiger partial charge in [0.25, 0.3) is 0 Å². The predicted molar refractivity (Wildman–Crippen MR) is 85.6 cm³/mol. The second-order valence-corrected chi connectivity index (χ2v) is 5.54. The minimum Gasteiger partial charge on any atom is -0.480 e. The number of aliphatic carboxylic acids is 1. The molecular weight excluding hydrogens is 312 g/mol. The third-order valence-electron chi connectivity index (χ3n) is 3.82. The van der Waals surface area contributed by atoms with Gasteiger partial charge in [0.2, 0.25) is 5.95 Å². The van der Waals surface area contributed by atoms with Crippen LogP contribution in [0, 0.1) is 0 Å². The summed E-state index contributed by atoms with van der Waals surface area (Å²) in [5, 5.41) is 12.3. The number of hydrogen-bond acceptors (Lipinski definition) is 7. The maximum atomic E-state index is 11.4. The summed E-state index contributed by atoms with van der Waals surface area (Å²) in [5.41, 5.74) is 1.61. The Hall–Kier alpha value is -2.52. The lowest BCUT2D eigenvalue weighted by molar-refractivity contribution is -0.139. The van der Waals surface area contributed by atoms with Crippen LogP contribution >= 0.6 is 0 Å². The summed E-state index contributed by atoms with van der Waals surface area (Å²) < 4.78 is 5.31. The highest BCUT2D eigenvalue weighted by Crippen LogP contribution is 2.09.